The molecule has 1 N–H and O–H groups in total. The first-order valence-electron chi connectivity index (χ1n) is 8.95. The number of hydrogen-bond donors (Lipinski definition) is 1. The van der Waals surface area contributed by atoms with E-state index < -0.39 is 0 Å². The minimum absolute atomic E-state index is 0.243. The quantitative estimate of drug-likeness (QED) is 0.551. The lowest BCUT2D eigenvalue weighted by Gasteiger charge is -2.10. The van der Waals surface area contributed by atoms with Crippen molar-refractivity contribution in [3.8, 4) is 16.9 Å². The maximum Gasteiger partial charge on any atom is 0.270 e. The number of hydrogen-bond acceptors (Lipinski definition) is 2. The highest BCUT2D eigenvalue weighted by Gasteiger charge is 2.18. The average molecular weight is 420 g/mol. The first-order valence-corrected chi connectivity index (χ1v) is 9.70. The van der Waals surface area contributed by atoms with Crippen LogP contribution in [-0.2, 0) is 0 Å². The van der Waals surface area contributed by atoms with Gasteiger partial charge in [-0.2, -0.15) is 5.10 Å². The molecule has 3 rings (SSSR count). The maximum atomic E-state index is 13.2. The summed E-state index contributed by atoms with van der Waals surface area (Å²) in [6.45, 7) is 4.76. The fourth-order valence-electron chi connectivity index (χ4n) is 2.68. The normalized spacial score (nSPS) is 11.1. The van der Waals surface area contributed by atoms with Crippen LogP contribution < -0.4 is 5.32 Å². The number of amides is 1. The monoisotopic (exact) mass is 419 g/mol. The molecule has 2 aromatic carbocycles. The van der Waals surface area contributed by atoms with Crippen LogP contribution in [0.25, 0.3) is 16.9 Å². The minimum atomic E-state index is -0.334. The molecule has 0 spiro atoms. The summed E-state index contributed by atoms with van der Waals surface area (Å²) >= 11 is 12.1. The van der Waals surface area contributed by atoms with E-state index in [4.69, 9.17) is 23.2 Å². The molecule has 0 saturated carbocycles. The molecule has 0 unspecified atom stereocenters. The number of rotatable bonds is 6. The molecule has 1 aromatic heterocycles. The second-order valence-electron chi connectivity index (χ2n) is 6.87. The summed E-state index contributed by atoms with van der Waals surface area (Å²) in [5.74, 6) is -0.0954. The first kappa shape index (κ1) is 20.4. The van der Waals surface area contributed by atoms with Crippen molar-refractivity contribution in [1.29, 1.82) is 0 Å². The summed E-state index contributed by atoms with van der Waals surface area (Å²) in [5, 5.41) is 8.25. The minimum Gasteiger partial charge on any atom is -0.351 e. The van der Waals surface area contributed by atoms with Gasteiger partial charge in [-0.05, 0) is 60.9 Å². The Bertz CT molecular complexity index is 984. The average Bonchev–Trinajstić information content (AvgIpc) is 3.09. The molecule has 28 heavy (non-hydrogen) atoms. The third-order valence-electron chi connectivity index (χ3n) is 4.24. The van der Waals surface area contributed by atoms with Crippen LogP contribution in [0.4, 0.5) is 4.39 Å². The predicted octanol–water partition coefficient (Wildman–Crippen LogP) is 5.76. The van der Waals surface area contributed by atoms with Gasteiger partial charge in [-0.15, -0.1) is 0 Å². The van der Waals surface area contributed by atoms with Crippen LogP contribution >= 0.6 is 23.2 Å². The van der Waals surface area contributed by atoms with Gasteiger partial charge in [-0.25, -0.2) is 9.07 Å². The van der Waals surface area contributed by atoms with Gasteiger partial charge in [0, 0.05) is 12.1 Å². The first-order chi connectivity index (χ1) is 13.3. The van der Waals surface area contributed by atoms with E-state index in [2.05, 4.69) is 24.3 Å². The zero-order chi connectivity index (χ0) is 20.3. The molecule has 0 aliphatic rings. The highest BCUT2D eigenvalue weighted by Crippen LogP contribution is 2.27. The summed E-state index contributed by atoms with van der Waals surface area (Å²) in [6.07, 6.45) is 0.872. The Kier molecular flexibility index (Phi) is 6.37. The van der Waals surface area contributed by atoms with Gasteiger partial charge >= 0.3 is 0 Å². The van der Waals surface area contributed by atoms with Gasteiger partial charge in [0.25, 0.3) is 5.91 Å². The molecule has 0 fully saturated rings. The molecule has 0 bridgehead atoms. The van der Waals surface area contributed by atoms with Gasteiger partial charge < -0.3 is 5.32 Å². The predicted molar refractivity (Wildman–Crippen MR) is 111 cm³/mol. The van der Waals surface area contributed by atoms with Crippen molar-refractivity contribution >= 4 is 29.1 Å². The van der Waals surface area contributed by atoms with Crippen LogP contribution in [-0.4, -0.2) is 22.2 Å². The number of benzene rings is 2. The molecule has 3 aromatic rings. The molecule has 7 heteroatoms. The van der Waals surface area contributed by atoms with Gasteiger partial charge in [0.15, 0.2) is 0 Å². The summed E-state index contributed by atoms with van der Waals surface area (Å²) in [6, 6.07) is 12.7. The number of nitrogens with one attached hydrogen (secondary N) is 1. The van der Waals surface area contributed by atoms with Crippen molar-refractivity contribution in [3.63, 3.8) is 0 Å². The smallest absolute Gasteiger partial charge is 0.270 e. The molecule has 0 radical (unpaired) electrons. The number of aromatic nitrogens is 2. The Morgan fingerprint density at radius 3 is 2.46 bits per heavy atom. The van der Waals surface area contributed by atoms with Gasteiger partial charge in [0.2, 0.25) is 0 Å². The Balaban J connectivity index is 2.01. The van der Waals surface area contributed by atoms with E-state index in [0.29, 0.717) is 45.1 Å². The summed E-state index contributed by atoms with van der Waals surface area (Å²) < 4.78 is 14.8. The summed E-state index contributed by atoms with van der Waals surface area (Å²) in [7, 11) is 0. The van der Waals surface area contributed by atoms with E-state index >= 15 is 0 Å². The lowest BCUT2D eigenvalue weighted by atomic mass is 10.1. The van der Waals surface area contributed by atoms with E-state index in [9.17, 15) is 9.18 Å². The zero-order valence-electron chi connectivity index (χ0n) is 15.5. The number of carbonyl (C=O) groups excluding carboxylic acids is 1. The van der Waals surface area contributed by atoms with E-state index in [-0.39, 0.29) is 11.7 Å². The highest BCUT2D eigenvalue weighted by atomic mass is 35.5. The standard InChI is InChI=1S/C21H20Cl2FN3O/c1-13(2)9-10-25-21(28)20-12-19(14-3-5-15(24)6-4-14)26-27(20)16-7-8-17(22)18(23)11-16/h3-8,11-13H,9-10H2,1-2H3,(H,25,28). The third-order valence-corrected chi connectivity index (χ3v) is 4.98. The molecule has 0 saturated heterocycles. The second kappa shape index (κ2) is 8.76. The van der Waals surface area contributed by atoms with E-state index in [0.717, 1.165) is 6.42 Å². The van der Waals surface area contributed by atoms with Gasteiger partial charge in [-0.1, -0.05) is 37.0 Å². The van der Waals surface area contributed by atoms with Gasteiger partial charge in [0.1, 0.15) is 11.5 Å². The number of nitrogens with zero attached hydrogens (tertiary/aromatic N) is 2. The molecule has 4 nitrogen and oxygen atoms in total. The fraction of sp³-hybridized carbons (Fsp3) is 0.238. The van der Waals surface area contributed by atoms with Crippen molar-refractivity contribution in [3.05, 3.63) is 70.1 Å². The molecule has 0 aliphatic heterocycles. The Morgan fingerprint density at radius 2 is 1.82 bits per heavy atom. The van der Waals surface area contributed by atoms with Crippen LogP contribution in [0.3, 0.4) is 0 Å². The molecule has 146 valence electrons. The molecule has 1 heterocycles. The van der Waals surface area contributed by atoms with Crippen molar-refractivity contribution in [2.75, 3.05) is 6.54 Å². The Labute approximate surface area is 173 Å². The highest BCUT2D eigenvalue weighted by molar-refractivity contribution is 6.42. The van der Waals surface area contributed by atoms with Gasteiger partial charge in [0.05, 0.1) is 21.4 Å². The lowest BCUT2D eigenvalue weighted by molar-refractivity contribution is 0.0944. The SMILES string of the molecule is CC(C)CCNC(=O)c1cc(-c2ccc(F)cc2)nn1-c1ccc(Cl)c(Cl)c1. The fourth-order valence-corrected chi connectivity index (χ4v) is 2.98. The molecular weight excluding hydrogens is 400 g/mol. The molecule has 0 atom stereocenters. The largest absolute Gasteiger partial charge is 0.351 e. The van der Waals surface area contributed by atoms with Crippen molar-refractivity contribution < 1.29 is 9.18 Å². The Morgan fingerprint density at radius 1 is 1.11 bits per heavy atom. The third kappa shape index (κ3) is 4.72. The van der Waals surface area contributed by atoms with Crippen molar-refractivity contribution in [2.24, 2.45) is 5.92 Å². The van der Waals surface area contributed by atoms with E-state index in [1.807, 2.05) is 0 Å². The summed E-state index contributed by atoms with van der Waals surface area (Å²) in [4.78, 5) is 12.8. The van der Waals surface area contributed by atoms with E-state index in [1.54, 1.807) is 36.4 Å². The Hall–Kier alpha value is -2.37. The van der Waals surface area contributed by atoms with Crippen LogP contribution in [0.15, 0.2) is 48.5 Å². The van der Waals surface area contributed by atoms with Crippen LogP contribution in [0, 0.1) is 11.7 Å². The number of halogens is 3. The zero-order valence-corrected chi connectivity index (χ0v) is 17.1. The molecule has 1 amide bonds. The second-order valence-corrected chi connectivity index (χ2v) is 7.68. The van der Waals surface area contributed by atoms with Crippen LogP contribution in [0.1, 0.15) is 30.8 Å². The number of carbonyl (C=O) groups is 1. The molecule has 0 aliphatic carbocycles. The van der Waals surface area contributed by atoms with E-state index in [1.165, 1.54) is 16.8 Å². The topological polar surface area (TPSA) is 46.9 Å². The van der Waals surface area contributed by atoms with Crippen molar-refractivity contribution in [2.45, 2.75) is 20.3 Å². The summed E-state index contributed by atoms with van der Waals surface area (Å²) in [5.41, 5.74) is 2.23. The molecular formula is C21H20Cl2FN3O. The van der Waals surface area contributed by atoms with Crippen LogP contribution in [0.2, 0.25) is 10.0 Å². The van der Waals surface area contributed by atoms with Gasteiger partial charge in [-0.3, -0.25) is 4.79 Å². The van der Waals surface area contributed by atoms with Crippen molar-refractivity contribution in [1.82, 2.24) is 15.1 Å². The maximum absolute atomic E-state index is 13.2. The van der Waals surface area contributed by atoms with Crippen LogP contribution in [0.5, 0.6) is 0 Å². The lowest BCUT2D eigenvalue weighted by Crippen LogP contribution is -2.27.